The van der Waals surface area contributed by atoms with E-state index in [1.165, 1.54) is 0 Å². The minimum atomic E-state index is -0.539. The van der Waals surface area contributed by atoms with Crippen LogP contribution in [0.15, 0.2) is 29.4 Å². The van der Waals surface area contributed by atoms with Crippen molar-refractivity contribution < 1.29 is 9.60 Å². The highest BCUT2D eigenvalue weighted by Gasteiger charge is 2.03. The summed E-state index contributed by atoms with van der Waals surface area (Å²) in [6, 6.07) is 6.93. The molecule has 2 nitrogen and oxygen atoms in total. The van der Waals surface area contributed by atoms with Crippen LogP contribution in [0.3, 0.4) is 0 Å². The van der Waals surface area contributed by atoms with Crippen LogP contribution in [0.2, 0.25) is 0 Å². The maximum absolute atomic E-state index is 12.3. The molecule has 3 heteroatoms. The van der Waals surface area contributed by atoms with Gasteiger partial charge in [0, 0.05) is 5.56 Å². The van der Waals surface area contributed by atoms with Gasteiger partial charge in [0.2, 0.25) is 0 Å². The summed E-state index contributed by atoms with van der Waals surface area (Å²) >= 11 is 0. The van der Waals surface area contributed by atoms with E-state index in [4.69, 9.17) is 5.21 Å². The highest BCUT2D eigenvalue weighted by atomic mass is 19.1. The lowest BCUT2D eigenvalue weighted by atomic mass is 10.1. The minimum absolute atomic E-state index is 0.434. The first-order chi connectivity index (χ1) is 5.79. The van der Waals surface area contributed by atoms with E-state index >= 15 is 0 Å². The van der Waals surface area contributed by atoms with Crippen LogP contribution < -0.4 is 0 Å². The Morgan fingerprint density at radius 2 is 2.17 bits per heavy atom. The molecule has 12 heavy (non-hydrogen) atoms. The molecule has 0 aliphatic carbocycles. The molecule has 0 fully saturated rings. The van der Waals surface area contributed by atoms with Gasteiger partial charge in [-0.25, -0.2) is 4.39 Å². The van der Waals surface area contributed by atoms with Gasteiger partial charge < -0.3 is 5.21 Å². The zero-order valence-corrected chi connectivity index (χ0v) is 6.79. The quantitative estimate of drug-likeness (QED) is 0.409. The largest absolute Gasteiger partial charge is 0.411 e. The highest BCUT2D eigenvalue weighted by molar-refractivity contribution is 5.99. The Balaban J connectivity index is 3.13. The first-order valence-corrected chi connectivity index (χ1v) is 3.62. The van der Waals surface area contributed by atoms with Crippen molar-refractivity contribution in [1.29, 1.82) is 0 Å². The van der Waals surface area contributed by atoms with Crippen LogP contribution >= 0.6 is 0 Å². The standard InChI is InChI=1S/C9H10FNO/c1-7(11-12)9-5-3-2-4-8(9)6-10/h2-5,12H,6H2,1H3/b11-7-. The van der Waals surface area contributed by atoms with Crippen molar-refractivity contribution in [2.45, 2.75) is 13.6 Å². The van der Waals surface area contributed by atoms with Crippen LogP contribution in [0.25, 0.3) is 0 Å². The van der Waals surface area contributed by atoms with Gasteiger partial charge in [-0.1, -0.05) is 29.4 Å². The molecule has 0 saturated carbocycles. The maximum Gasteiger partial charge on any atom is 0.115 e. The van der Waals surface area contributed by atoms with Crippen LogP contribution in [0.1, 0.15) is 18.1 Å². The Kier molecular flexibility index (Phi) is 2.80. The van der Waals surface area contributed by atoms with Gasteiger partial charge in [-0.15, -0.1) is 0 Å². The van der Waals surface area contributed by atoms with Gasteiger partial charge in [0.05, 0.1) is 5.71 Å². The van der Waals surface area contributed by atoms with Crippen LogP contribution in [-0.2, 0) is 6.67 Å². The van der Waals surface area contributed by atoms with Gasteiger partial charge >= 0.3 is 0 Å². The lowest BCUT2D eigenvalue weighted by molar-refractivity contribution is 0.319. The number of hydrogen-bond donors (Lipinski definition) is 1. The van der Waals surface area contributed by atoms with Crippen molar-refractivity contribution in [3.8, 4) is 0 Å². The van der Waals surface area contributed by atoms with Crippen molar-refractivity contribution in [3.63, 3.8) is 0 Å². The molecule has 0 amide bonds. The van der Waals surface area contributed by atoms with Gasteiger partial charge in [-0.05, 0) is 12.5 Å². The lowest BCUT2D eigenvalue weighted by Crippen LogP contribution is -1.98. The summed E-state index contributed by atoms with van der Waals surface area (Å²) in [5.41, 5.74) is 1.64. The zero-order valence-electron chi connectivity index (χ0n) is 6.79. The topological polar surface area (TPSA) is 32.6 Å². The smallest absolute Gasteiger partial charge is 0.115 e. The zero-order chi connectivity index (χ0) is 8.97. The van der Waals surface area contributed by atoms with Crippen LogP contribution in [-0.4, -0.2) is 10.9 Å². The first kappa shape index (κ1) is 8.71. The molecule has 0 saturated heterocycles. The van der Waals surface area contributed by atoms with E-state index in [0.29, 0.717) is 16.8 Å². The molecule has 0 unspecified atom stereocenters. The fraction of sp³-hybridized carbons (Fsp3) is 0.222. The average Bonchev–Trinajstić information content (AvgIpc) is 2.16. The van der Waals surface area contributed by atoms with Crippen molar-refractivity contribution in [3.05, 3.63) is 35.4 Å². The molecule has 0 aromatic heterocycles. The molecule has 64 valence electrons. The number of hydrogen-bond acceptors (Lipinski definition) is 2. The molecular formula is C9H10FNO. The second-order valence-electron chi connectivity index (χ2n) is 2.48. The molecule has 0 aliphatic rings. The third-order valence-electron chi connectivity index (χ3n) is 1.70. The van der Waals surface area contributed by atoms with E-state index in [9.17, 15) is 4.39 Å². The number of alkyl halides is 1. The van der Waals surface area contributed by atoms with Crippen molar-refractivity contribution >= 4 is 5.71 Å². The molecule has 0 aliphatic heterocycles. The van der Waals surface area contributed by atoms with E-state index in [2.05, 4.69) is 5.16 Å². The van der Waals surface area contributed by atoms with Crippen molar-refractivity contribution in [2.75, 3.05) is 0 Å². The summed E-state index contributed by atoms with van der Waals surface area (Å²) in [6.45, 7) is 1.09. The minimum Gasteiger partial charge on any atom is -0.411 e. The Hall–Kier alpha value is -1.38. The van der Waals surface area contributed by atoms with Crippen LogP contribution in [0, 0.1) is 0 Å². The SMILES string of the molecule is C/C(=N/O)c1ccccc1CF. The van der Waals surface area contributed by atoms with E-state index in [1.807, 2.05) is 0 Å². The second kappa shape index (κ2) is 3.85. The third-order valence-corrected chi connectivity index (χ3v) is 1.70. The van der Waals surface area contributed by atoms with E-state index < -0.39 is 6.67 Å². The average molecular weight is 167 g/mol. The number of rotatable bonds is 2. The normalized spacial score (nSPS) is 11.7. The predicted molar refractivity (Wildman–Crippen MR) is 45.3 cm³/mol. The van der Waals surface area contributed by atoms with E-state index in [-0.39, 0.29) is 0 Å². The molecular weight excluding hydrogens is 157 g/mol. The fourth-order valence-corrected chi connectivity index (χ4v) is 1.04. The van der Waals surface area contributed by atoms with Gasteiger partial charge in [-0.3, -0.25) is 0 Å². The summed E-state index contributed by atoms with van der Waals surface area (Å²) in [4.78, 5) is 0. The number of oxime groups is 1. The van der Waals surface area contributed by atoms with Gasteiger partial charge in [0.1, 0.15) is 6.67 Å². The molecule has 0 spiro atoms. The highest BCUT2D eigenvalue weighted by Crippen LogP contribution is 2.10. The Morgan fingerprint density at radius 3 is 2.75 bits per heavy atom. The molecule has 1 rings (SSSR count). The summed E-state index contributed by atoms with van der Waals surface area (Å²) in [5.74, 6) is 0. The number of nitrogens with zero attached hydrogens (tertiary/aromatic N) is 1. The van der Waals surface area contributed by atoms with Crippen molar-refractivity contribution in [1.82, 2.24) is 0 Å². The third kappa shape index (κ3) is 1.61. The molecule has 0 bridgehead atoms. The maximum atomic E-state index is 12.3. The summed E-state index contributed by atoms with van der Waals surface area (Å²) in [6.07, 6.45) is 0. The molecule has 1 aromatic rings. The fourth-order valence-electron chi connectivity index (χ4n) is 1.04. The number of benzene rings is 1. The predicted octanol–water partition coefficient (Wildman–Crippen LogP) is 2.35. The summed E-state index contributed by atoms with van der Waals surface area (Å²) in [7, 11) is 0. The Bertz CT molecular complexity index is 296. The van der Waals surface area contributed by atoms with Gasteiger partial charge in [0.15, 0.2) is 0 Å². The van der Waals surface area contributed by atoms with Gasteiger partial charge in [-0.2, -0.15) is 0 Å². The van der Waals surface area contributed by atoms with Crippen LogP contribution in [0.4, 0.5) is 4.39 Å². The summed E-state index contributed by atoms with van der Waals surface area (Å²) < 4.78 is 12.3. The Morgan fingerprint density at radius 1 is 1.50 bits per heavy atom. The van der Waals surface area contributed by atoms with Crippen molar-refractivity contribution in [2.24, 2.45) is 5.16 Å². The lowest BCUT2D eigenvalue weighted by Gasteiger charge is -2.02. The monoisotopic (exact) mass is 167 g/mol. The van der Waals surface area contributed by atoms with Crippen LogP contribution in [0.5, 0.6) is 0 Å². The molecule has 0 radical (unpaired) electrons. The molecule has 1 aromatic carbocycles. The molecule has 0 atom stereocenters. The van der Waals surface area contributed by atoms with Gasteiger partial charge in [0.25, 0.3) is 0 Å². The molecule has 0 heterocycles. The second-order valence-corrected chi connectivity index (χ2v) is 2.48. The summed E-state index contributed by atoms with van der Waals surface area (Å²) in [5, 5.41) is 11.5. The number of halogens is 1. The first-order valence-electron chi connectivity index (χ1n) is 3.62. The Labute approximate surface area is 70.3 Å². The van der Waals surface area contributed by atoms with E-state index in [1.54, 1.807) is 31.2 Å². The van der Waals surface area contributed by atoms with E-state index in [0.717, 1.165) is 0 Å². The molecule has 1 N–H and O–H groups in total.